The Morgan fingerprint density at radius 1 is 1.14 bits per heavy atom. The van der Waals surface area contributed by atoms with E-state index < -0.39 is 11.6 Å². The first-order valence-corrected chi connectivity index (χ1v) is 9.00. The molecule has 1 aliphatic rings. The van der Waals surface area contributed by atoms with E-state index in [-0.39, 0.29) is 23.2 Å². The van der Waals surface area contributed by atoms with Crippen LogP contribution in [-0.2, 0) is 24.7 Å². The number of fused-ring (bicyclic) bond motifs is 1. The van der Waals surface area contributed by atoms with Crippen LogP contribution < -0.4 is 10.6 Å². The van der Waals surface area contributed by atoms with Crippen LogP contribution in [0.2, 0.25) is 0 Å². The Hall–Kier alpha value is -3.29. The summed E-state index contributed by atoms with van der Waals surface area (Å²) < 4.78 is 29.4. The SMILES string of the molecule is Cn1nnc2c1CC(C(=O)Nc1ccc(F)cc1Nc1ccccc1F)CC2. The van der Waals surface area contributed by atoms with Crippen LogP contribution in [0.4, 0.5) is 25.8 Å². The smallest absolute Gasteiger partial charge is 0.227 e. The van der Waals surface area contributed by atoms with E-state index >= 15 is 0 Å². The topological polar surface area (TPSA) is 71.8 Å². The van der Waals surface area contributed by atoms with Gasteiger partial charge in [-0.2, -0.15) is 0 Å². The second kappa shape index (κ2) is 7.38. The van der Waals surface area contributed by atoms with E-state index in [9.17, 15) is 13.6 Å². The molecule has 28 heavy (non-hydrogen) atoms. The van der Waals surface area contributed by atoms with Crippen molar-refractivity contribution in [2.45, 2.75) is 19.3 Å². The molecule has 3 aromatic rings. The summed E-state index contributed by atoms with van der Waals surface area (Å²) >= 11 is 0. The quantitative estimate of drug-likeness (QED) is 0.722. The normalized spacial score (nSPS) is 15.8. The summed E-state index contributed by atoms with van der Waals surface area (Å²) in [6, 6.07) is 10.0. The van der Waals surface area contributed by atoms with Gasteiger partial charge in [0.25, 0.3) is 0 Å². The summed E-state index contributed by atoms with van der Waals surface area (Å²) in [5.74, 6) is -1.36. The molecule has 8 heteroatoms. The zero-order valence-corrected chi connectivity index (χ0v) is 15.2. The molecule has 0 saturated heterocycles. The van der Waals surface area contributed by atoms with Gasteiger partial charge < -0.3 is 10.6 Å². The van der Waals surface area contributed by atoms with E-state index in [0.29, 0.717) is 24.9 Å². The van der Waals surface area contributed by atoms with Crippen molar-refractivity contribution in [1.82, 2.24) is 15.0 Å². The number of halogens is 2. The molecule has 0 fully saturated rings. The number of carbonyl (C=O) groups is 1. The lowest BCUT2D eigenvalue weighted by molar-refractivity contribution is -0.120. The zero-order chi connectivity index (χ0) is 19.7. The number of hydrogen-bond acceptors (Lipinski definition) is 4. The fourth-order valence-electron chi connectivity index (χ4n) is 3.41. The second-order valence-electron chi connectivity index (χ2n) is 6.83. The third-order valence-electron chi connectivity index (χ3n) is 4.95. The molecule has 2 aromatic carbocycles. The van der Waals surface area contributed by atoms with Gasteiger partial charge in [-0.1, -0.05) is 17.3 Å². The molecule has 0 aliphatic heterocycles. The van der Waals surface area contributed by atoms with E-state index in [1.807, 2.05) is 7.05 Å². The lowest BCUT2D eigenvalue weighted by atomic mass is 9.89. The lowest BCUT2D eigenvalue weighted by Crippen LogP contribution is -2.29. The first kappa shape index (κ1) is 18.1. The van der Waals surface area contributed by atoms with E-state index in [4.69, 9.17) is 0 Å². The Balaban J connectivity index is 1.54. The van der Waals surface area contributed by atoms with Gasteiger partial charge in [0.05, 0.1) is 28.5 Å². The highest BCUT2D eigenvalue weighted by Gasteiger charge is 2.28. The molecule has 2 N–H and O–H groups in total. The molecule has 0 saturated carbocycles. The van der Waals surface area contributed by atoms with Crippen molar-refractivity contribution < 1.29 is 13.6 Å². The summed E-state index contributed by atoms with van der Waals surface area (Å²) in [5.41, 5.74) is 2.76. The molecule has 0 spiro atoms. The van der Waals surface area contributed by atoms with Crippen molar-refractivity contribution in [2.75, 3.05) is 10.6 Å². The van der Waals surface area contributed by atoms with Gasteiger partial charge in [0.1, 0.15) is 11.6 Å². The molecule has 1 unspecified atom stereocenters. The minimum Gasteiger partial charge on any atom is -0.351 e. The summed E-state index contributed by atoms with van der Waals surface area (Å²) in [5, 5.41) is 13.8. The molecule has 1 heterocycles. The molecule has 6 nitrogen and oxygen atoms in total. The number of nitrogens with one attached hydrogen (secondary N) is 2. The van der Waals surface area contributed by atoms with Crippen molar-refractivity contribution in [3.8, 4) is 0 Å². The Morgan fingerprint density at radius 2 is 1.96 bits per heavy atom. The number of para-hydroxylation sites is 1. The fourth-order valence-corrected chi connectivity index (χ4v) is 3.41. The molecular formula is C20H19F2N5O. The number of anilines is 3. The van der Waals surface area contributed by atoms with Crippen LogP contribution in [0.25, 0.3) is 0 Å². The molecular weight excluding hydrogens is 364 g/mol. The maximum Gasteiger partial charge on any atom is 0.227 e. The molecule has 0 radical (unpaired) electrons. The number of carbonyl (C=O) groups excluding carboxylic acids is 1. The summed E-state index contributed by atoms with van der Waals surface area (Å²) in [6.07, 6.45) is 1.89. The van der Waals surface area contributed by atoms with E-state index in [0.717, 1.165) is 11.4 Å². The summed E-state index contributed by atoms with van der Waals surface area (Å²) in [4.78, 5) is 12.8. The first-order chi connectivity index (χ1) is 13.5. The minimum absolute atomic E-state index is 0.171. The summed E-state index contributed by atoms with van der Waals surface area (Å²) in [7, 11) is 1.81. The number of benzene rings is 2. The Morgan fingerprint density at radius 3 is 2.79 bits per heavy atom. The minimum atomic E-state index is -0.486. The van der Waals surface area contributed by atoms with Gasteiger partial charge >= 0.3 is 0 Å². The lowest BCUT2D eigenvalue weighted by Gasteiger charge is -2.22. The van der Waals surface area contributed by atoms with Crippen LogP contribution >= 0.6 is 0 Å². The molecule has 1 atom stereocenters. The zero-order valence-electron chi connectivity index (χ0n) is 15.2. The predicted molar refractivity (Wildman–Crippen MR) is 101 cm³/mol. The molecule has 144 valence electrons. The summed E-state index contributed by atoms with van der Waals surface area (Å²) in [6.45, 7) is 0. The molecule has 1 aliphatic carbocycles. The maximum absolute atomic E-state index is 14.0. The number of amides is 1. The predicted octanol–water partition coefficient (Wildman–Crippen LogP) is 3.58. The van der Waals surface area contributed by atoms with Gasteiger partial charge in [-0.05, 0) is 43.2 Å². The van der Waals surface area contributed by atoms with Crippen LogP contribution in [-0.4, -0.2) is 20.9 Å². The Kier molecular flexibility index (Phi) is 4.77. The average molecular weight is 383 g/mol. The van der Waals surface area contributed by atoms with Crippen LogP contribution in [0.5, 0.6) is 0 Å². The van der Waals surface area contributed by atoms with Gasteiger partial charge in [0.2, 0.25) is 5.91 Å². The Labute approximate surface area is 160 Å². The highest BCUT2D eigenvalue weighted by atomic mass is 19.1. The van der Waals surface area contributed by atoms with Crippen molar-refractivity contribution >= 4 is 23.0 Å². The second-order valence-corrected chi connectivity index (χ2v) is 6.83. The molecule has 1 amide bonds. The number of aromatic nitrogens is 3. The van der Waals surface area contributed by atoms with Gasteiger partial charge in [-0.3, -0.25) is 9.48 Å². The van der Waals surface area contributed by atoms with Crippen LogP contribution in [0, 0.1) is 17.6 Å². The standard InChI is InChI=1S/C20H19F2N5O/c1-27-19-10-12(6-8-17(19)25-26-27)20(28)24-16-9-7-13(21)11-18(16)23-15-5-3-2-4-14(15)22/h2-5,7,9,11-12,23H,6,8,10H2,1H3,(H,24,28). The third kappa shape index (κ3) is 3.58. The van der Waals surface area contributed by atoms with Crippen molar-refractivity contribution in [2.24, 2.45) is 13.0 Å². The van der Waals surface area contributed by atoms with Crippen LogP contribution in [0.15, 0.2) is 42.5 Å². The van der Waals surface area contributed by atoms with E-state index in [2.05, 4.69) is 20.9 Å². The van der Waals surface area contributed by atoms with Gasteiger partial charge in [-0.25, -0.2) is 8.78 Å². The van der Waals surface area contributed by atoms with Gasteiger partial charge in [0, 0.05) is 19.4 Å². The van der Waals surface area contributed by atoms with Gasteiger partial charge in [-0.15, -0.1) is 5.10 Å². The first-order valence-electron chi connectivity index (χ1n) is 9.00. The van der Waals surface area contributed by atoms with E-state index in [1.165, 1.54) is 24.3 Å². The number of nitrogens with zero attached hydrogens (tertiary/aromatic N) is 3. The number of rotatable bonds is 4. The molecule has 0 bridgehead atoms. The third-order valence-corrected chi connectivity index (χ3v) is 4.95. The molecule has 1 aromatic heterocycles. The highest BCUT2D eigenvalue weighted by molar-refractivity contribution is 5.96. The fraction of sp³-hybridized carbons (Fsp3) is 0.250. The van der Waals surface area contributed by atoms with E-state index in [1.54, 1.807) is 22.9 Å². The largest absolute Gasteiger partial charge is 0.351 e. The van der Waals surface area contributed by atoms with Crippen molar-refractivity contribution in [3.63, 3.8) is 0 Å². The number of hydrogen-bond donors (Lipinski definition) is 2. The Bertz CT molecular complexity index is 1030. The average Bonchev–Trinajstić information content (AvgIpc) is 3.06. The van der Waals surface area contributed by atoms with Crippen molar-refractivity contribution in [3.05, 3.63) is 65.5 Å². The monoisotopic (exact) mass is 383 g/mol. The van der Waals surface area contributed by atoms with Crippen LogP contribution in [0.3, 0.4) is 0 Å². The molecule has 4 rings (SSSR count). The number of aryl methyl sites for hydroxylation is 2. The highest BCUT2D eigenvalue weighted by Crippen LogP contribution is 2.30. The van der Waals surface area contributed by atoms with Crippen molar-refractivity contribution in [1.29, 1.82) is 0 Å². The van der Waals surface area contributed by atoms with Gasteiger partial charge in [0.15, 0.2) is 0 Å². The van der Waals surface area contributed by atoms with Crippen LogP contribution in [0.1, 0.15) is 17.8 Å². The maximum atomic E-state index is 14.0.